The van der Waals surface area contributed by atoms with E-state index in [0.29, 0.717) is 23.7 Å². The maximum Gasteiger partial charge on any atom is 0.222 e. The van der Waals surface area contributed by atoms with Crippen LogP contribution in [0, 0.1) is 17.3 Å². The van der Waals surface area contributed by atoms with Crippen LogP contribution in [0.4, 0.5) is 0 Å². The summed E-state index contributed by atoms with van der Waals surface area (Å²) in [5.41, 5.74) is 2.00. The Hall–Kier alpha value is -0.870. The number of nitrogens with two attached hydrogens (primary N) is 1. The minimum absolute atomic E-state index is 0.327. The molecular weight excluding hydrogens is 286 g/mol. The number of fused-ring (bicyclic) bond motifs is 1. The van der Waals surface area contributed by atoms with Crippen molar-refractivity contribution in [2.75, 3.05) is 45.8 Å². The van der Waals surface area contributed by atoms with Crippen LogP contribution in [0.15, 0.2) is 11.6 Å². The molecule has 4 aliphatic rings. The molecule has 0 radical (unpaired) electrons. The summed E-state index contributed by atoms with van der Waals surface area (Å²) in [7, 11) is 0. The zero-order valence-corrected chi connectivity index (χ0v) is 15.2. The van der Waals surface area contributed by atoms with E-state index in [1.807, 2.05) is 6.92 Å². The van der Waals surface area contributed by atoms with E-state index in [-0.39, 0.29) is 0 Å². The van der Waals surface area contributed by atoms with Crippen LogP contribution < -0.4 is 10.2 Å². The lowest BCUT2D eigenvalue weighted by Gasteiger charge is -2.57. The fourth-order valence-corrected chi connectivity index (χ4v) is 4.82. The van der Waals surface area contributed by atoms with Gasteiger partial charge < -0.3 is 15.1 Å². The van der Waals surface area contributed by atoms with Crippen LogP contribution in [-0.4, -0.2) is 56.6 Å². The summed E-state index contributed by atoms with van der Waals surface area (Å²) >= 11 is 0. The summed E-state index contributed by atoms with van der Waals surface area (Å²) in [5.74, 6) is 1.92. The molecule has 0 spiro atoms. The number of quaternary nitrogens is 2. The number of rotatable bonds is 6. The van der Waals surface area contributed by atoms with Crippen LogP contribution in [0.5, 0.6) is 0 Å². The zero-order chi connectivity index (χ0) is 16.4. The van der Waals surface area contributed by atoms with Gasteiger partial charge in [0.25, 0.3) is 0 Å². The number of hydrogen-bond donors (Lipinski definition) is 2. The topological polar surface area (TPSA) is 41.4 Å². The highest BCUT2D eigenvalue weighted by molar-refractivity contribution is 5.76. The second-order valence-electron chi connectivity index (χ2n) is 8.36. The van der Waals surface area contributed by atoms with Crippen molar-refractivity contribution in [1.82, 2.24) is 4.90 Å². The highest BCUT2D eigenvalue weighted by atomic mass is 16.2. The molecule has 1 amide bonds. The van der Waals surface area contributed by atoms with Gasteiger partial charge in [0.05, 0.1) is 13.1 Å². The smallest absolute Gasteiger partial charge is 0.222 e. The third-order valence-corrected chi connectivity index (χ3v) is 6.75. The van der Waals surface area contributed by atoms with Crippen molar-refractivity contribution in [3.63, 3.8) is 0 Å². The van der Waals surface area contributed by atoms with E-state index in [1.54, 1.807) is 10.5 Å². The molecule has 1 heterocycles. The predicted molar refractivity (Wildman–Crippen MR) is 92.2 cm³/mol. The van der Waals surface area contributed by atoms with Crippen LogP contribution in [0.2, 0.25) is 0 Å². The van der Waals surface area contributed by atoms with Crippen LogP contribution in [0.25, 0.3) is 0 Å². The van der Waals surface area contributed by atoms with Gasteiger partial charge in [-0.2, -0.15) is 0 Å². The summed E-state index contributed by atoms with van der Waals surface area (Å²) in [5, 5.41) is 2.40. The summed E-state index contributed by atoms with van der Waals surface area (Å²) < 4.78 is 0. The average molecular weight is 322 g/mol. The highest BCUT2D eigenvalue weighted by Gasteiger charge is 2.51. The summed E-state index contributed by atoms with van der Waals surface area (Å²) in [6.07, 6.45) is 5.65. The molecule has 23 heavy (non-hydrogen) atoms. The standard InChI is InChI=1S/C19H33N3O/c1-4-18(23)22(12-11-21-9-7-20-8-10-21)14-15-5-6-16-13-17(15)19(16,2)3/h5,16-17,20H,4,6-14H2,1-3H3/p+2/t16-,17-/m1/s1. The van der Waals surface area contributed by atoms with Crippen LogP contribution in [0.1, 0.15) is 40.0 Å². The molecule has 0 aromatic rings. The van der Waals surface area contributed by atoms with Gasteiger partial charge in [-0.1, -0.05) is 32.4 Å². The first kappa shape index (κ1) is 17.0. The maximum atomic E-state index is 12.4. The number of allylic oxidation sites excluding steroid dienone is 1. The van der Waals surface area contributed by atoms with Gasteiger partial charge in [-0.3, -0.25) is 4.79 Å². The second kappa shape index (κ2) is 6.94. The van der Waals surface area contributed by atoms with Crippen molar-refractivity contribution < 1.29 is 15.0 Å². The number of amides is 1. The molecule has 3 N–H and O–H groups in total. The molecule has 2 fully saturated rings. The van der Waals surface area contributed by atoms with Crippen molar-refractivity contribution in [3.8, 4) is 0 Å². The molecule has 2 bridgehead atoms. The lowest BCUT2D eigenvalue weighted by molar-refractivity contribution is -0.946. The fourth-order valence-electron chi connectivity index (χ4n) is 4.82. The van der Waals surface area contributed by atoms with Crippen molar-refractivity contribution in [2.45, 2.75) is 40.0 Å². The largest absolute Gasteiger partial charge is 0.337 e. The van der Waals surface area contributed by atoms with Crippen LogP contribution in [0.3, 0.4) is 0 Å². The molecule has 0 aromatic heterocycles. The van der Waals surface area contributed by atoms with E-state index in [4.69, 9.17) is 0 Å². The quantitative estimate of drug-likeness (QED) is 0.647. The second-order valence-corrected chi connectivity index (χ2v) is 8.36. The summed E-state index contributed by atoms with van der Waals surface area (Å²) in [4.78, 5) is 16.2. The Balaban J connectivity index is 1.58. The van der Waals surface area contributed by atoms with Crippen molar-refractivity contribution in [1.29, 1.82) is 0 Å². The van der Waals surface area contributed by atoms with Crippen molar-refractivity contribution in [3.05, 3.63) is 11.6 Å². The molecule has 1 aliphatic heterocycles. The Kier molecular flexibility index (Phi) is 5.12. The molecule has 4 nitrogen and oxygen atoms in total. The minimum atomic E-state index is 0.327. The fraction of sp³-hybridized carbons (Fsp3) is 0.842. The zero-order valence-electron chi connectivity index (χ0n) is 15.2. The van der Waals surface area contributed by atoms with Crippen LogP contribution in [-0.2, 0) is 4.79 Å². The van der Waals surface area contributed by atoms with Gasteiger partial charge in [0, 0.05) is 13.0 Å². The third-order valence-electron chi connectivity index (χ3n) is 6.75. The van der Waals surface area contributed by atoms with Gasteiger partial charge in [-0.25, -0.2) is 0 Å². The number of nitrogens with zero attached hydrogens (tertiary/aromatic N) is 1. The number of nitrogens with one attached hydrogen (secondary N) is 1. The summed E-state index contributed by atoms with van der Waals surface area (Å²) in [6, 6.07) is 0. The molecule has 1 saturated carbocycles. The Labute approximate surface area is 141 Å². The highest BCUT2D eigenvalue weighted by Crippen LogP contribution is 2.59. The molecule has 4 heteroatoms. The first-order valence-electron chi connectivity index (χ1n) is 9.64. The van der Waals surface area contributed by atoms with E-state index in [0.717, 1.165) is 25.6 Å². The Morgan fingerprint density at radius 1 is 1.39 bits per heavy atom. The number of piperazine rings is 1. The minimum Gasteiger partial charge on any atom is -0.337 e. The third kappa shape index (κ3) is 3.48. The molecule has 4 rings (SSSR count). The van der Waals surface area contributed by atoms with Gasteiger partial charge in [-0.05, 0) is 30.1 Å². The predicted octanol–water partition coefficient (Wildman–Crippen LogP) is -0.321. The lowest BCUT2D eigenvalue weighted by Crippen LogP contribution is -3.20. The molecule has 0 aromatic carbocycles. The van der Waals surface area contributed by atoms with E-state index in [1.165, 1.54) is 39.0 Å². The molecule has 3 aliphatic carbocycles. The monoisotopic (exact) mass is 321 g/mol. The Morgan fingerprint density at radius 2 is 2.13 bits per heavy atom. The lowest BCUT2D eigenvalue weighted by atomic mass is 9.49. The number of hydrogen-bond acceptors (Lipinski definition) is 1. The van der Waals surface area contributed by atoms with E-state index in [2.05, 4.69) is 30.1 Å². The van der Waals surface area contributed by atoms with Gasteiger partial charge in [0.2, 0.25) is 5.91 Å². The molecule has 130 valence electrons. The first-order chi connectivity index (χ1) is 11.0. The number of carbonyl (C=O) groups is 1. The molecule has 2 atom stereocenters. The first-order valence-corrected chi connectivity index (χ1v) is 9.64. The normalized spacial score (nSPS) is 29.6. The molecule has 0 unspecified atom stereocenters. The van der Waals surface area contributed by atoms with Gasteiger partial charge in [-0.15, -0.1) is 0 Å². The maximum absolute atomic E-state index is 12.4. The van der Waals surface area contributed by atoms with Gasteiger partial charge in [0.15, 0.2) is 0 Å². The summed E-state index contributed by atoms with van der Waals surface area (Å²) in [6.45, 7) is 14.7. The Morgan fingerprint density at radius 3 is 2.74 bits per heavy atom. The average Bonchev–Trinajstić information content (AvgIpc) is 2.58. The van der Waals surface area contributed by atoms with Gasteiger partial charge in [0.1, 0.15) is 26.2 Å². The van der Waals surface area contributed by atoms with Crippen LogP contribution >= 0.6 is 0 Å². The van der Waals surface area contributed by atoms with Crippen molar-refractivity contribution in [2.24, 2.45) is 17.3 Å². The SMILES string of the molecule is CCC(=O)N(CC[NH+]1CC[NH2+]CC1)CC1=CC[C@@H]2C[C@H]1C2(C)C. The number of carbonyl (C=O) groups excluding carboxylic acids is 1. The van der Waals surface area contributed by atoms with Crippen molar-refractivity contribution >= 4 is 5.91 Å². The van der Waals surface area contributed by atoms with E-state index >= 15 is 0 Å². The van der Waals surface area contributed by atoms with E-state index < -0.39 is 0 Å². The molecular formula is C19H35N3O+2. The Bertz CT molecular complexity index is 465. The van der Waals surface area contributed by atoms with Gasteiger partial charge >= 0.3 is 0 Å². The van der Waals surface area contributed by atoms with E-state index in [9.17, 15) is 4.79 Å². The molecule has 1 saturated heterocycles.